The Kier molecular flexibility index (Phi) is 4.01. The Morgan fingerprint density at radius 3 is 2.54 bits per heavy atom. The van der Waals surface area contributed by atoms with E-state index in [1.165, 1.54) is 12.1 Å². The van der Waals surface area contributed by atoms with Gasteiger partial charge in [0.05, 0.1) is 28.2 Å². The standard InChI is InChI=1S/C17H11ClF3NO2/c18-13-6-2-5-11-12(8-14(23)24)15(22-16(11)13)9-3-1-4-10(7-9)17(19,20)21/h1-7,22H,8H2,(H,23,24). The average Bonchev–Trinajstić information content (AvgIpc) is 2.86. The number of hydrogen-bond donors (Lipinski definition) is 2. The third kappa shape index (κ3) is 2.97. The number of fused-ring (bicyclic) bond motifs is 1. The van der Waals surface area contributed by atoms with Gasteiger partial charge in [0, 0.05) is 5.39 Å². The molecule has 0 saturated heterocycles. The van der Waals surface area contributed by atoms with Crippen LogP contribution in [0.25, 0.3) is 22.2 Å². The number of carboxylic acids is 1. The highest BCUT2D eigenvalue weighted by Gasteiger charge is 2.31. The zero-order valence-electron chi connectivity index (χ0n) is 12.1. The molecule has 7 heteroatoms. The molecule has 2 aromatic carbocycles. The zero-order valence-corrected chi connectivity index (χ0v) is 12.9. The van der Waals surface area contributed by atoms with E-state index in [4.69, 9.17) is 16.7 Å². The van der Waals surface area contributed by atoms with Crippen molar-refractivity contribution in [1.29, 1.82) is 0 Å². The molecular formula is C17H11ClF3NO2. The summed E-state index contributed by atoms with van der Waals surface area (Å²) in [6, 6.07) is 9.72. The molecule has 3 aromatic rings. The van der Waals surface area contributed by atoms with E-state index in [1.54, 1.807) is 18.2 Å². The van der Waals surface area contributed by atoms with E-state index in [-0.39, 0.29) is 12.0 Å². The Balaban J connectivity index is 2.26. The molecule has 0 aliphatic rings. The minimum atomic E-state index is -4.48. The molecule has 3 nitrogen and oxygen atoms in total. The summed E-state index contributed by atoms with van der Waals surface area (Å²) >= 11 is 6.11. The number of alkyl halides is 3. The monoisotopic (exact) mass is 353 g/mol. The first-order chi connectivity index (χ1) is 11.3. The molecule has 0 atom stereocenters. The van der Waals surface area contributed by atoms with Crippen LogP contribution < -0.4 is 0 Å². The lowest BCUT2D eigenvalue weighted by Crippen LogP contribution is -2.05. The van der Waals surface area contributed by atoms with Gasteiger partial charge in [0.2, 0.25) is 0 Å². The number of aromatic nitrogens is 1. The minimum absolute atomic E-state index is 0.258. The number of aromatic amines is 1. The first-order valence-electron chi connectivity index (χ1n) is 6.96. The van der Waals surface area contributed by atoms with E-state index >= 15 is 0 Å². The number of carboxylic acid groups (broad SMARTS) is 1. The summed E-state index contributed by atoms with van der Waals surface area (Å²) in [5, 5.41) is 10.1. The van der Waals surface area contributed by atoms with Gasteiger partial charge in [-0.3, -0.25) is 4.79 Å². The van der Waals surface area contributed by atoms with Crippen LogP contribution in [0, 0.1) is 0 Å². The fraction of sp³-hybridized carbons (Fsp3) is 0.118. The molecule has 0 radical (unpaired) electrons. The molecule has 1 heterocycles. The maximum atomic E-state index is 12.9. The molecule has 0 aliphatic carbocycles. The van der Waals surface area contributed by atoms with Gasteiger partial charge in [-0.1, -0.05) is 35.9 Å². The number of rotatable bonds is 3. The largest absolute Gasteiger partial charge is 0.481 e. The van der Waals surface area contributed by atoms with Gasteiger partial charge < -0.3 is 10.1 Å². The molecule has 0 bridgehead atoms. The van der Waals surface area contributed by atoms with Crippen LogP contribution in [0.2, 0.25) is 5.02 Å². The quantitative estimate of drug-likeness (QED) is 0.685. The van der Waals surface area contributed by atoms with Gasteiger partial charge in [0.1, 0.15) is 0 Å². The van der Waals surface area contributed by atoms with Crippen molar-refractivity contribution in [3.05, 3.63) is 58.6 Å². The predicted octanol–water partition coefficient (Wildman–Crippen LogP) is 5.13. The van der Waals surface area contributed by atoms with E-state index in [2.05, 4.69) is 4.98 Å². The van der Waals surface area contributed by atoms with Crippen molar-refractivity contribution < 1.29 is 23.1 Å². The van der Waals surface area contributed by atoms with Crippen LogP contribution in [0.3, 0.4) is 0 Å². The number of aliphatic carboxylic acids is 1. The summed E-state index contributed by atoms with van der Waals surface area (Å²) in [5.74, 6) is -1.08. The topological polar surface area (TPSA) is 53.1 Å². The van der Waals surface area contributed by atoms with Gasteiger partial charge in [-0.2, -0.15) is 13.2 Å². The van der Waals surface area contributed by atoms with Crippen molar-refractivity contribution in [2.75, 3.05) is 0 Å². The Hall–Kier alpha value is -2.47. The second-order valence-electron chi connectivity index (χ2n) is 5.29. The van der Waals surface area contributed by atoms with Crippen molar-refractivity contribution in [3.63, 3.8) is 0 Å². The molecule has 0 unspecified atom stereocenters. The summed E-state index contributed by atoms with van der Waals surface area (Å²) in [6.45, 7) is 0. The summed E-state index contributed by atoms with van der Waals surface area (Å²) < 4.78 is 38.8. The molecule has 124 valence electrons. The van der Waals surface area contributed by atoms with Gasteiger partial charge in [-0.25, -0.2) is 0 Å². The van der Waals surface area contributed by atoms with Gasteiger partial charge in [0.15, 0.2) is 0 Å². The van der Waals surface area contributed by atoms with Gasteiger partial charge >= 0.3 is 12.1 Å². The van der Waals surface area contributed by atoms with Gasteiger partial charge in [0.25, 0.3) is 0 Å². The Labute approximate surface area is 139 Å². The summed E-state index contributed by atoms with van der Waals surface area (Å²) in [6.07, 6.45) is -4.81. The normalized spacial score (nSPS) is 11.8. The van der Waals surface area contributed by atoms with Crippen molar-refractivity contribution in [2.45, 2.75) is 12.6 Å². The Bertz CT molecular complexity index is 931. The average molecular weight is 354 g/mol. The highest BCUT2D eigenvalue weighted by Crippen LogP contribution is 2.36. The Morgan fingerprint density at radius 1 is 1.17 bits per heavy atom. The predicted molar refractivity (Wildman–Crippen MR) is 85.1 cm³/mol. The van der Waals surface area contributed by atoms with Crippen LogP contribution in [0.5, 0.6) is 0 Å². The molecule has 1 aromatic heterocycles. The summed E-state index contributed by atoms with van der Waals surface area (Å²) in [7, 11) is 0. The van der Waals surface area contributed by atoms with Crippen LogP contribution >= 0.6 is 11.6 Å². The highest BCUT2D eigenvalue weighted by atomic mass is 35.5. The molecule has 24 heavy (non-hydrogen) atoms. The van der Waals surface area contributed by atoms with Crippen molar-refractivity contribution >= 4 is 28.5 Å². The van der Waals surface area contributed by atoms with E-state index in [9.17, 15) is 18.0 Å². The molecule has 0 saturated carbocycles. The number of H-pyrrole nitrogens is 1. The SMILES string of the molecule is O=C(O)Cc1c(-c2cccc(C(F)(F)F)c2)[nH]c2c(Cl)cccc12. The number of para-hydroxylation sites is 1. The molecule has 0 spiro atoms. The van der Waals surface area contributed by atoms with Crippen LogP contribution in [0.15, 0.2) is 42.5 Å². The number of nitrogens with one attached hydrogen (secondary N) is 1. The molecule has 0 aliphatic heterocycles. The maximum absolute atomic E-state index is 12.9. The van der Waals surface area contributed by atoms with E-state index < -0.39 is 17.7 Å². The first-order valence-corrected chi connectivity index (χ1v) is 7.33. The Morgan fingerprint density at radius 2 is 1.88 bits per heavy atom. The molecule has 3 rings (SSSR count). The molecule has 0 amide bonds. The van der Waals surface area contributed by atoms with Crippen LogP contribution in [-0.4, -0.2) is 16.1 Å². The number of hydrogen-bond acceptors (Lipinski definition) is 1. The third-order valence-electron chi connectivity index (χ3n) is 3.70. The van der Waals surface area contributed by atoms with Crippen LogP contribution in [0.4, 0.5) is 13.2 Å². The minimum Gasteiger partial charge on any atom is -0.481 e. The van der Waals surface area contributed by atoms with Crippen molar-refractivity contribution in [1.82, 2.24) is 4.98 Å². The first kappa shape index (κ1) is 16.4. The second-order valence-corrected chi connectivity index (χ2v) is 5.70. The molecular weight excluding hydrogens is 343 g/mol. The van der Waals surface area contributed by atoms with Crippen LogP contribution in [0.1, 0.15) is 11.1 Å². The zero-order chi connectivity index (χ0) is 17.5. The lowest BCUT2D eigenvalue weighted by molar-refractivity contribution is -0.138. The maximum Gasteiger partial charge on any atom is 0.416 e. The van der Waals surface area contributed by atoms with Gasteiger partial charge in [-0.15, -0.1) is 0 Å². The van der Waals surface area contributed by atoms with E-state index in [0.29, 0.717) is 27.2 Å². The fourth-order valence-corrected chi connectivity index (χ4v) is 2.89. The van der Waals surface area contributed by atoms with E-state index in [0.717, 1.165) is 12.1 Å². The molecule has 0 fully saturated rings. The van der Waals surface area contributed by atoms with Crippen LogP contribution in [-0.2, 0) is 17.4 Å². The summed E-state index contributed by atoms with van der Waals surface area (Å²) in [4.78, 5) is 14.1. The lowest BCUT2D eigenvalue weighted by atomic mass is 10.0. The third-order valence-corrected chi connectivity index (χ3v) is 4.01. The van der Waals surface area contributed by atoms with Crippen molar-refractivity contribution in [2.24, 2.45) is 0 Å². The number of benzene rings is 2. The van der Waals surface area contributed by atoms with Gasteiger partial charge in [-0.05, 0) is 29.3 Å². The summed E-state index contributed by atoms with van der Waals surface area (Å²) in [5.41, 5.74) is 0.688. The number of carbonyl (C=O) groups is 1. The highest BCUT2D eigenvalue weighted by molar-refractivity contribution is 6.35. The van der Waals surface area contributed by atoms with Crippen molar-refractivity contribution in [3.8, 4) is 11.3 Å². The number of halogens is 4. The molecule has 2 N–H and O–H groups in total. The second kappa shape index (κ2) is 5.87. The lowest BCUT2D eigenvalue weighted by Gasteiger charge is -2.09. The smallest absolute Gasteiger partial charge is 0.416 e. The van der Waals surface area contributed by atoms with E-state index in [1.807, 2.05) is 0 Å². The fourth-order valence-electron chi connectivity index (χ4n) is 2.67.